The molecule has 4 nitrogen and oxygen atoms in total. The van der Waals surface area contributed by atoms with Crippen LogP contribution in [0.25, 0.3) is 11.1 Å². The van der Waals surface area contributed by atoms with E-state index in [9.17, 15) is 31.1 Å². The van der Waals surface area contributed by atoms with E-state index in [1.807, 2.05) is 0 Å². The number of hydrogen-bond donors (Lipinski definition) is 1. The van der Waals surface area contributed by atoms with Gasteiger partial charge < -0.3 is 10.1 Å². The maximum atomic E-state index is 13.8. The minimum Gasteiger partial charge on any atom is -0.496 e. The molecule has 0 bridgehead atoms. The van der Waals surface area contributed by atoms with Crippen LogP contribution in [0.1, 0.15) is 21.5 Å². The molecule has 2 aromatic carbocycles. The number of ether oxygens (including phenoxy) is 1. The lowest BCUT2D eigenvalue weighted by atomic mass is 10.0. The molecule has 0 fully saturated rings. The molecule has 0 saturated heterocycles. The Bertz CT molecular complexity index is 1130. The largest absolute Gasteiger partial charge is 0.496 e. The van der Waals surface area contributed by atoms with E-state index in [0.29, 0.717) is 12.1 Å². The molecule has 0 aliphatic carbocycles. The molecule has 0 saturated carbocycles. The summed E-state index contributed by atoms with van der Waals surface area (Å²) in [5.74, 6) is -3.34. The van der Waals surface area contributed by atoms with E-state index in [4.69, 9.17) is 4.74 Å². The van der Waals surface area contributed by atoms with E-state index >= 15 is 0 Å². The van der Waals surface area contributed by atoms with Gasteiger partial charge in [0.05, 0.1) is 24.6 Å². The molecule has 1 aromatic heterocycles. The van der Waals surface area contributed by atoms with Gasteiger partial charge in [-0.15, -0.1) is 0 Å². The van der Waals surface area contributed by atoms with E-state index in [1.54, 1.807) is 0 Å². The molecule has 3 rings (SSSR count). The Labute approximate surface area is 172 Å². The number of anilines is 1. The van der Waals surface area contributed by atoms with E-state index in [2.05, 4.69) is 10.3 Å². The summed E-state index contributed by atoms with van der Waals surface area (Å²) in [6.45, 7) is -1.20. The summed E-state index contributed by atoms with van der Waals surface area (Å²) in [6.07, 6.45) is -2.28. The van der Waals surface area contributed by atoms with Gasteiger partial charge in [0.15, 0.2) is 11.6 Å². The summed E-state index contributed by atoms with van der Waals surface area (Å²) in [5, 5.41) is 2.38. The summed E-state index contributed by atoms with van der Waals surface area (Å²) in [5.41, 5.74) is -1.69. The average Bonchev–Trinajstić information content (AvgIpc) is 2.74. The molecule has 162 valence electrons. The highest BCUT2D eigenvalue weighted by molar-refractivity contribution is 6.06. The van der Waals surface area contributed by atoms with Crippen LogP contribution in [-0.4, -0.2) is 18.0 Å². The number of halogens is 6. The lowest BCUT2D eigenvalue weighted by Crippen LogP contribution is -2.15. The number of carbonyl (C=O) groups excluding carboxylic acids is 1. The molecule has 31 heavy (non-hydrogen) atoms. The van der Waals surface area contributed by atoms with E-state index < -0.39 is 41.5 Å². The molecule has 0 radical (unpaired) electrons. The molecule has 0 aliphatic heterocycles. The normalized spacial score (nSPS) is 11.3. The zero-order valence-electron chi connectivity index (χ0n) is 15.9. The molecule has 0 aliphatic rings. The third-order valence-corrected chi connectivity index (χ3v) is 4.34. The van der Waals surface area contributed by atoms with Crippen molar-refractivity contribution in [3.05, 3.63) is 77.1 Å². The summed E-state index contributed by atoms with van der Waals surface area (Å²) in [4.78, 5) is 16.5. The summed E-state index contributed by atoms with van der Waals surface area (Å²) >= 11 is 0. The number of hydrogen-bond acceptors (Lipinski definition) is 3. The minimum atomic E-state index is -4.78. The molecule has 1 N–H and O–H groups in total. The highest BCUT2D eigenvalue weighted by Crippen LogP contribution is 2.36. The topological polar surface area (TPSA) is 51.2 Å². The Kier molecular flexibility index (Phi) is 6.19. The van der Waals surface area contributed by atoms with Crippen molar-refractivity contribution in [3.63, 3.8) is 0 Å². The van der Waals surface area contributed by atoms with Crippen LogP contribution < -0.4 is 10.1 Å². The Balaban J connectivity index is 2.03. The third kappa shape index (κ3) is 4.79. The second-order valence-electron chi connectivity index (χ2n) is 6.39. The molecule has 3 aromatic rings. The number of rotatable bonds is 5. The third-order valence-electron chi connectivity index (χ3n) is 4.34. The Morgan fingerprint density at radius 2 is 1.77 bits per heavy atom. The number of alkyl halides is 4. The van der Waals surface area contributed by atoms with Crippen molar-refractivity contribution in [1.29, 1.82) is 0 Å². The molecule has 0 unspecified atom stereocenters. The maximum Gasteiger partial charge on any atom is 0.416 e. The zero-order chi connectivity index (χ0) is 22.8. The number of methoxy groups -OCH3 is 1. The fraction of sp³-hybridized carbons (Fsp3) is 0.143. The van der Waals surface area contributed by atoms with Gasteiger partial charge in [0.2, 0.25) is 0 Å². The molecule has 10 heteroatoms. The molecule has 0 spiro atoms. The maximum absolute atomic E-state index is 13.8. The van der Waals surface area contributed by atoms with E-state index in [-0.39, 0.29) is 28.1 Å². The Hall–Kier alpha value is -3.56. The van der Waals surface area contributed by atoms with Crippen molar-refractivity contribution in [2.24, 2.45) is 0 Å². The van der Waals surface area contributed by atoms with Crippen LogP contribution in [0.2, 0.25) is 0 Å². The SMILES string of the molecule is COc1cc(F)c(F)cc1-c1ccncc1NC(=O)c1cc(CF)cc(C(F)(F)F)c1. The Morgan fingerprint density at radius 1 is 1.06 bits per heavy atom. The van der Waals surface area contributed by atoms with Crippen molar-refractivity contribution in [2.45, 2.75) is 12.9 Å². The van der Waals surface area contributed by atoms with Crippen LogP contribution in [0, 0.1) is 11.6 Å². The first-order valence-corrected chi connectivity index (χ1v) is 8.70. The molecular formula is C21H14F6N2O2. The summed E-state index contributed by atoms with van der Waals surface area (Å²) in [7, 11) is 1.23. The number of amides is 1. The number of nitrogens with one attached hydrogen (secondary N) is 1. The first-order chi connectivity index (χ1) is 14.6. The van der Waals surface area contributed by atoms with Crippen molar-refractivity contribution in [2.75, 3.05) is 12.4 Å². The van der Waals surface area contributed by atoms with Gasteiger partial charge >= 0.3 is 6.18 Å². The number of benzene rings is 2. The monoisotopic (exact) mass is 440 g/mol. The number of carbonyl (C=O) groups is 1. The molecule has 1 heterocycles. The number of nitrogens with zero attached hydrogens (tertiary/aromatic N) is 1. The van der Waals surface area contributed by atoms with Gasteiger partial charge in [-0.1, -0.05) is 0 Å². The number of pyridine rings is 1. The van der Waals surface area contributed by atoms with Crippen LogP contribution in [-0.2, 0) is 12.9 Å². The van der Waals surface area contributed by atoms with Crippen molar-refractivity contribution >= 4 is 11.6 Å². The summed E-state index contributed by atoms with van der Waals surface area (Å²) in [6, 6.07) is 5.23. The van der Waals surface area contributed by atoms with Crippen LogP contribution >= 0.6 is 0 Å². The first-order valence-electron chi connectivity index (χ1n) is 8.70. The fourth-order valence-corrected chi connectivity index (χ4v) is 2.90. The second kappa shape index (κ2) is 8.66. The number of aromatic nitrogens is 1. The van der Waals surface area contributed by atoms with Crippen LogP contribution in [0.4, 0.5) is 32.0 Å². The van der Waals surface area contributed by atoms with Gasteiger partial charge in [-0.25, -0.2) is 13.2 Å². The van der Waals surface area contributed by atoms with Crippen LogP contribution in [0.15, 0.2) is 48.8 Å². The van der Waals surface area contributed by atoms with Crippen molar-refractivity contribution in [1.82, 2.24) is 4.98 Å². The van der Waals surface area contributed by atoms with E-state index in [1.165, 1.54) is 25.6 Å². The lowest BCUT2D eigenvalue weighted by molar-refractivity contribution is -0.137. The predicted octanol–water partition coefficient (Wildman–Crippen LogP) is 5.78. The highest BCUT2D eigenvalue weighted by atomic mass is 19.4. The highest BCUT2D eigenvalue weighted by Gasteiger charge is 2.32. The quantitative estimate of drug-likeness (QED) is 0.512. The smallest absolute Gasteiger partial charge is 0.416 e. The van der Waals surface area contributed by atoms with Gasteiger partial charge in [0.1, 0.15) is 12.4 Å². The Morgan fingerprint density at radius 3 is 2.42 bits per heavy atom. The van der Waals surface area contributed by atoms with Gasteiger partial charge in [-0.2, -0.15) is 13.2 Å². The summed E-state index contributed by atoms with van der Waals surface area (Å²) < 4.78 is 84.6. The molecule has 0 atom stereocenters. The van der Waals surface area contributed by atoms with Crippen molar-refractivity contribution < 1.29 is 35.9 Å². The fourth-order valence-electron chi connectivity index (χ4n) is 2.90. The molecule has 1 amide bonds. The van der Waals surface area contributed by atoms with Gasteiger partial charge in [0.25, 0.3) is 5.91 Å². The van der Waals surface area contributed by atoms with Gasteiger partial charge in [-0.3, -0.25) is 9.78 Å². The first kappa shape index (κ1) is 22.1. The molecular weight excluding hydrogens is 426 g/mol. The minimum absolute atomic E-state index is 0.00369. The zero-order valence-corrected chi connectivity index (χ0v) is 15.9. The second-order valence-corrected chi connectivity index (χ2v) is 6.39. The predicted molar refractivity (Wildman–Crippen MR) is 100 cm³/mol. The van der Waals surface area contributed by atoms with Crippen LogP contribution in [0.3, 0.4) is 0 Å². The van der Waals surface area contributed by atoms with E-state index in [0.717, 1.165) is 18.2 Å². The van der Waals surface area contributed by atoms with Crippen LogP contribution in [0.5, 0.6) is 5.75 Å². The van der Waals surface area contributed by atoms with Gasteiger partial charge in [-0.05, 0) is 35.9 Å². The average molecular weight is 440 g/mol. The van der Waals surface area contributed by atoms with Crippen molar-refractivity contribution in [3.8, 4) is 16.9 Å². The standard InChI is InChI=1S/C21H14F6N2O2/c1-31-19-8-17(24)16(23)7-15(19)14-2-3-28-10-18(14)29-20(30)12-4-11(9-22)5-13(6-12)21(25,26)27/h2-8,10H,9H2,1H3,(H,29,30). The van der Waals surface area contributed by atoms with Gasteiger partial charge in [0, 0.05) is 29.0 Å². The lowest BCUT2D eigenvalue weighted by Gasteiger charge is -2.15.